The lowest BCUT2D eigenvalue weighted by atomic mass is 9.83. The van der Waals surface area contributed by atoms with Gasteiger partial charge in [-0.1, -0.05) is 36.4 Å². The molecule has 346 valence electrons. The third kappa shape index (κ3) is 7.82. The van der Waals surface area contributed by atoms with Crippen LogP contribution in [0.2, 0.25) is 0 Å². The molecule has 0 radical (unpaired) electrons. The van der Waals surface area contributed by atoms with Gasteiger partial charge in [0.2, 0.25) is 23.7 Å². The molecule has 1 unspecified atom stereocenters. The first kappa shape index (κ1) is 43.1. The third-order valence-corrected chi connectivity index (χ3v) is 15.4. The van der Waals surface area contributed by atoms with Crippen LogP contribution in [0.25, 0.3) is 27.8 Å². The second-order valence-electron chi connectivity index (χ2n) is 19.2. The number of rotatable bonds is 10. The minimum absolute atomic E-state index is 0.225. The van der Waals surface area contributed by atoms with E-state index >= 15 is 0 Å². The average molecular weight is 905 g/mol. The van der Waals surface area contributed by atoms with Crippen molar-refractivity contribution >= 4 is 51.4 Å². The van der Waals surface area contributed by atoms with Crippen molar-refractivity contribution in [2.24, 2.45) is 5.92 Å². The Labute approximate surface area is 387 Å². The SMILES string of the molecule is C=CCn1c(=O)c2cnc(Nc3ccc4c(c3)CCN(C(=O)CC3CCC(N5CCc6ccc7c(C8CCC(=O)NC8=O)noc7c6CC5)CC3)C4)nc2n1-c1ccc2c(n1)[C@@](O)(CC)CC2. The van der Waals surface area contributed by atoms with Crippen molar-refractivity contribution in [2.45, 2.75) is 121 Å². The van der Waals surface area contributed by atoms with Gasteiger partial charge in [-0.25, -0.2) is 19.3 Å². The number of hydrogen-bond acceptors (Lipinski definition) is 12. The number of pyridine rings is 1. The molecule has 4 aromatic heterocycles. The monoisotopic (exact) mass is 904 g/mol. The van der Waals surface area contributed by atoms with Crippen LogP contribution in [0.15, 0.2) is 70.6 Å². The summed E-state index contributed by atoms with van der Waals surface area (Å²) in [7, 11) is 0. The van der Waals surface area contributed by atoms with Gasteiger partial charge in [0.05, 0.1) is 18.2 Å². The number of carbonyl (C=O) groups excluding carboxylic acids is 3. The van der Waals surface area contributed by atoms with Crippen molar-refractivity contribution in [1.29, 1.82) is 0 Å². The van der Waals surface area contributed by atoms with Crippen molar-refractivity contribution in [3.63, 3.8) is 0 Å². The zero-order valence-electron chi connectivity index (χ0n) is 37.9. The fraction of sp³-hybridized carbons (Fsp3) is 0.451. The average Bonchev–Trinajstić information content (AvgIpc) is 3.94. The van der Waals surface area contributed by atoms with Gasteiger partial charge in [-0.3, -0.25) is 29.4 Å². The second-order valence-corrected chi connectivity index (χ2v) is 19.2. The molecule has 67 heavy (non-hydrogen) atoms. The number of aliphatic hydroxyl groups is 1. The molecule has 5 aliphatic rings. The van der Waals surface area contributed by atoms with E-state index in [2.05, 4.69) is 50.5 Å². The highest BCUT2D eigenvalue weighted by atomic mass is 16.5. The molecule has 1 saturated heterocycles. The number of amides is 3. The molecule has 6 aromatic rings. The number of allylic oxidation sites excluding steroid dienone is 1. The first-order chi connectivity index (χ1) is 32.6. The van der Waals surface area contributed by atoms with Gasteiger partial charge in [-0.05, 0) is 123 Å². The van der Waals surface area contributed by atoms with Crippen molar-refractivity contribution in [3.05, 3.63) is 111 Å². The summed E-state index contributed by atoms with van der Waals surface area (Å²) in [4.78, 5) is 70.7. The van der Waals surface area contributed by atoms with E-state index in [-0.39, 0.29) is 29.8 Å². The Morgan fingerprint density at radius 2 is 1.73 bits per heavy atom. The fourth-order valence-electron chi connectivity index (χ4n) is 11.5. The first-order valence-corrected chi connectivity index (χ1v) is 24.0. The van der Waals surface area contributed by atoms with Crippen LogP contribution in [-0.2, 0) is 58.8 Å². The minimum atomic E-state index is -1.01. The summed E-state index contributed by atoms with van der Waals surface area (Å²) in [6.45, 7) is 9.21. The molecule has 1 saturated carbocycles. The maximum absolute atomic E-state index is 13.8. The van der Waals surface area contributed by atoms with Gasteiger partial charge >= 0.3 is 0 Å². The van der Waals surface area contributed by atoms with Gasteiger partial charge in [0, 0.05) is 67.9 Å². The summed E-state index contributed by atoms with van der Waals surface area (Å²) in [5.41, 5.74) is 7.76. The summed E-state index contributed by atoms with van der Waals surface area (Å²) in [5, 5.41) is 22.7. The van der Waals surface area contributed by atoms with Crippen molar-refractivity contribution < 1.29 is 24.0 Å². The molecular weight excluding hydrogens is 849 g/mol. The zero-order valence-corrected chi connectivity index (χ0v) is 37.9. The summed E-state index contributed by atoms with van der Waals surface area (Å²) in [6, 6.07) is 14.7. The molecule has 2 aromatic carbocycles. The van der Waals surface area contributed by atoms with E-state index in [0.29, 0.717) is 91.3 Å². The largest absolute Gasteiger partial charge is 0.384 e. The highest BCUT2D eigenvalue weighted by Gasteiger charge is 2.38. The number of carbonyl (C=O) groups is 3. The predicted octanol–water partition coefficient (Wildman–Crippen LogP) is 6.05. The second kappa shape index (κ2) is 17.3. The molecule has 16 heteroatoms. The van der Waals surface area contributed by atoms with E-state index in [4.69, 9.17) is 14.5 Å². The molecule has 2 aliphatic carbocycles. The van der Waals surface area contributed by atoms with Gasteiger partial charge in [0.25, 0.3) is 5.56 Å². The first-order valence-electron chi connectivity index (χ1n) is 24.0. The molecule has 3 aliphatic heterocycles. The summed E-state index contributed by atoms with van der Waals surface area (Å²) >= 11 is 0. The summed E-state index contributed by atoms with van der Waals surface area (Å²) < 4.78 is 9.15. The van der Waals surface area contributed by atoms with Gasteiger partial charge in [-0.15, -0.1) is 6.58 Å². The number of piperidine rings is 1. The Kier molecular flexibility index (Phi) is 11.1. The maximum atomic E-state index is 13.8. The van der Waals surface area contributed by atoms with E-state index in [9.17, 15) is 24.3 Å². The molecule has 3 N–H and O–H groups in total. The van der Waals surface area contributed by atoms with Crippen LogP contribution in [0.1, 0.15) is 110 Å². The molecule has 16 nitrogen and oxygen atoms in total. The number of anilines is 2. The van der Waals surface area contributed by atoms with E-state index in [1.807, 2.05) is 36.1 Å². The topological polar surface area (TPSA) is 194 Å². The number of fused-ring (bicyclic) bond motifs is 6. The minimum Gasteiger partial charge on any atom is -0.384 e. The van der Waals surface area contributed by atoms with E-state index in [0.717, 1.165) is 92.2 Å². The van der Waals surface area contributed by atoms with Gasteiger partial charge in [0.1, 0.15) is 16.7 Å². The lowest BCUT2D eigenvalue weighted by molar-refractivity contribution is -0.135. The van der Waals surface area contributed by atoms with Crippen molar-refractivity contribution in [3.8, 4) is 5.82 Å². The Bertz CT molecular complexity index is 3040. The standard InChI is InChI=1S/C51H56N10O6/c1-3-22-60-49(65)40-28-52-50(56-47(40)61(60)41-15-9-32-17-21-51(66,4-2)46(32)54-41)53-35-10-7-34-29-59(24-19-33(34)27-35)43(63)26-30-5-11-36(12-6-30)58-23-18-31-8-13-38-44(39-14-16-42(62)55-48(39)64)57-67-45(38)37(31)20-25-58/h3,7-10,13,15,27-28,30,36,39,66H,1,4-6,11-12,14,16-26,29H2,2H3,(H,52,53,56)(H,55,62,64)/t30?,36?,39?,51-/m1/s1. The number of imide groups is 1. The van der Waals surface area contributed by atoms with Crippen LogP contribution >= 0.6 is 0 Å². The number of nitrogens with zero attached hydrogens (tertiary/aromatic N) is 8. The van der Waals surface area contributed by atoms with Crippen LogP contribution < -0.4 is 16.2 Å². The lowest BCUT2D eigenvalue weighted by Gasteiger charge is -2.37. The normalized spacial score (nSPS) is 23.1. The Balaban J connectivity index is 0.705. The summed E-state index contributed by atoms with van der Waals surface area (Å²) in [6.07, 6.45) is 13.2. The van der Waals surface area contributed by atoms with Crippen LogP contribution in [0.5, 0.6) is 0 Å². The highest BCUT2D eigenvalue weighted by molar-refractivity contribution is 6.02. The maximum Gasteiger partial charge on any atom is 0.278 e. The number of nitrogens with one attached hydrogen (secondary N) is 2. The summed E-state index contributed by atoms with van der Waals surface area (Å²) in [5.74, 6) is 0.407. The van der Waals surface area contributed by atoms with Crippen LogP contribution in [-0.4, -0.2) is 87.8 Å². The smallest absolute Gasteiger partial charge is 0.278 e. The van der Waals surface area contributed by atoms with Gasteiger partial charge < -0.3 is 19.8 Å². The number of aromatic nitrogens is 6. The molecule has 2 atom stereocenters. The molecular formula is C51H56N10O6. The zero-order chi connectivity index (χ0) is 46.0. The van der Waals surface area contributed by atoms with E-state index < -0.39 is 11.5 Å². The third-order valence-electron chi connectivity index (χ3n) is 15.4. The van der Waals surface area contributed by atoms with Crippen molar-refractivity contribution in [1.82, 2.24) is 44.6 Å². The van der Waals surface area contributed by atoms with E-state index in [1.165, 1.54) is 16.7 Å². The Morgan fingerprint density at radius 3 is 2.55 bits per heavy atom. The quantitative estimate of drug-likeness (QED) is 0.107. The predicted molar refractivity (Wildman–Crippen MR) is 251 cm³/mol. The Hall–Kier alpha value is -6.52. The highest BCUT2D eigenvalue weighted by Crippen LogP contribution is 2.39. The van der Waals surface area contributed by atoms with Gasteiger partial charge in [0.15, 0.2) is 17.0 Å². The fourth-order valence-corrected chi connectivity index (χ4v) is 11.5. The van der Waals surface area contributed by atoms with Crippen LogP contribution in [0.4, 0.5) is 11.6 Å². The number of aryl methyl sites for hydroxylation is 1. The van der Waals surface area contributed by atoms with E-state index in [1.54, 1.807) is 21.6 Å². The van der Waals surface area contributed by atoms with Gasteiger partial charge in [-0.2, -0.15) is 4.98 Å². The van der Waals surface area contributed by atoms with Crippen LogP contribution in [0, 0.1) is 5.92 Å². The number of benzene rings is 2. The molecule has 11 rings (SSSR count). The Morgan fingerprint density at radius 1 is 0.925 bits per heavy atom. The van der Waals surface area contributed by atoms with Crippen LogP contribution in [0.3, 0.4) is 0 Å². The van der Waals surface area contributed by atoms with Crippen molar-refractivity contribution in [2.75, 3.05) is 25.0 Å². The molecule has 0 spiro atoms. The molecule has 0 bridgehead atoms. The molecule has 2 fully saturated rings. The molecule has 7 heterocycles. The number of hydrogen-bond donors (Lipinski definition) is 3. The lowest BCUT2D eigenvalue weighted by Crippen LogP contribution is -2.41. The molecule has 3 amide bonds.